The average molecular weight is 425 g/mol. The van der Waals surface area contributed by atoms with Crippen molar-refractivity contribution < 1.29 is 26.4 Å². The summed E-state index contributed by atoms with van der Waals surface area (Å²) in [5.74, 6) is -0.497. The van der Waals surface area contributed by atoms with Crippen LogP contribution in [-0.4, -0.2) is 35.1 Å². The van der Waals surface area contributed by atoms with Gasteiger partial charge in [0.05, 0.1) is 28.6 Å². The minimum Gasteiger partial charge on any atom is -0.492 e. The van der Waals surface area contributed by atoms with Crippen molar-refractivity contribution in [2.75, 3.05) is 21.4 Å². The van der Waals surface area contributed by atoms with Crippen LogP contribution in [0.3, 0.4) is 0 Å². The predicted molar refractivity (Wildman–Crippen MR) is 105 cm³/mol. The normalized spacial score (nSPS) is 16.2. The minimum absolute atomic E-state index is 0.00608. The minimum atomic E-state index is -4.05. The van der Waals surface area contributed by atoms with E-state index in [9.17, 15) is 21.6 Å². The molecule has 0 unspecified atom stereocenters. The van der Waals surface area contributed by atoms with Gasteiger partial charge < -0.3 is 4.74 Å². The predicted octanol–water partition coefficient (Wildman–Crippen LogP) is 2.26. The van der Waals surface area contributed by atoms with E-state index >= 15 is 0 Å². The number of carbonyl (C=O) groups is 1. The van der Waals surface area contributed by atoms with Gasteiger partial charge in [0.15, 0.2) is 0 Å². The van der Waals surface area contributed by atoms with Crippen molar-refractivity contribution in [3.63, 3.8) is 0 Å². The number of ether oxygens (including phenoxy) is 1. The Bertz CT molecular complexity index is 1130. The van der Waals surface area contributed by atoms with Crippen LogP contribution in [0, 0.1) is 6.92 Å². The van der Waals surface area contributed by atoms with Gasteiger partial charge in [-0.15, -0.1) is 0 Å². The molecule has 0 saturated carbocycles. The molecule has 0 atom stereocenters. The number of hydrogen-bond acceptors (Lipinski definition) is 6. The molecule has 1 amide bonds. The second kappa shape index (κ2) is 7.44. The highest BCUT2D eigenvalue weighted by atomic mass is 32.2. The van der Waals surface area contributed by atoms with Crippen LogP contribution >= 0.6 is 0 Å². The Kier molecular flexibility index (Phi) is 5.35. The van der Waals surface area contributed by atoms with Crippen LogP contribution in [0.15, 0.2) is 47.4 Å². The fraction of sp³-hybridized carbons (Fsp3) is 0.278. The van der Waals surface area contributed by atoms with Gasteiger partial charge in [0, 0.05) is 6.42 Å². The molecule has 150 valence electrons. The average Bonchev–Trinajstić information content (AvgIpc) is 2.90. The lowest BCUT2D eigenvalue weighted by Crippen LogP contribution is -2.29. The lowest BCUT2D eigenvalue weighted by Gasteiger charge is -2.18. The SMILES string of the molecule is CCOc1ccccc1NS(=O)(=O)c1cc(N2C(=O)CCS2(=O)=O)ccc1C. The van der Waals surface area contributed by atoms with E-state index in [1.807, 2.05) is 0 Å². The highest BCUT2D eigenvalue weighted by molar-refractivity contribution is 7.94. The van der Waals surface area contributed by atoms with Crippen molar-refractivity contribution in [3.05, 3.63) is 48.0 Å². The van der Waals surface area contributed by atoms with Crippen LogP contribution in [0.2, 0.25) is 0 Å². The molecule has 10 heteroatoms. The zero-order valence-corrected chi connectivity index (χ0v) is 17.0. The van der Waals surface area contributed by atoms with E-state index in [-0.39, 0.29) is 28.4 Å². The van der Waals surface area contributed by atoms with Crippen molar-refractivity contribution in [1.29, 1.82) is 0 Å². The van der Waals surface area contributed by atoms with Gasteiger partial charge in [-0.1, -0.05) is 18.2 Å². The maximum absolute atomic E-state index is 13.0. The second-order valence-electron chi connectivity index (χ2n) is 6.21. The Morgan fingerprint density at radius 1 is 1.18 bits per heavy atom. The van der Waals surface area contributed by atoms with Crippen molar-refractivity contribution >= 4 is 37.3 Å². The summed E-state index contributed by atoms with van der Waals surface area (Å²) in [7, 11) is -7.84. The molecular weight excluding hydrogens is 404 g/mol. The largest absolute Gasteiger partial charge is 0.492 e. The molecule has 3 rings (SSSR count). The summed E-state index contributed by atoms with van der Waals surface area (Å²) in [6.07, 6.45) is -0.127. The van der Waals surface area contributed by atoms with Gasteiger partial charge in [-0.05, 0) is 43.7 Å². The number of carbonyl (C=O) groups excluding carboxylic acids is 1. The van der Waals surface area contributed by atoms with Crippen LogP contribution in [0.4, 0.5) is 11.4 Å². The highest BCUT2D eigenvalue weighted by Crippen LogP contribution is 2.31. The quantitative estimate of drug-likeness (QED) is 0.762. The summed E-state index contributed by atoms with van der Waals surface area (Å²) < 4.78 is 58.8. The van der Waals surface area contributed by atoms with Gasteiger partial charge in [0.2, 0.25) is 15.9 Å². The van der Waals surface area contributed by atoms with Gasteiger partial charge in [0.1, 0.15) is 5.75 Å². The molecular formula is C18H20N2O6S2. The Morgan fingerprint density at radius 2 is 1.89 bits per heavy atom. The number of hydrogen-bond donors (Lipinski definition) is 1. The van der Waals surface area contributed by atoms with Crippen LogP contribution in [0.5, 0.6) is 5.75 Å². The van der Waals surface area contributed by atoms with Gasteiger partial charge in [-0.25, -0.2) is 21.1 Å². The van der Waals surface area contributed by atoms with Gasteiger partial charge >= 0.3 is 0 Å². The Hall–Kier alpha value is -2.59. The molecule has 1 aliphatic heterocycles. The molecule has 28 heavy (non-hydrogen) atoms. The zero-order chi connectivity index (χ0) is 20.5. The Labute approximate surface area is 164 Å². The maximum atomic E-state index is 13.0. The lowest BCUT2D eigenvalue weighted by molar-refractivity contribution is -0.116. The number of anilines is 2. The first-order valence-electron chi connectivity index (χ1n) is 8.57. The highest BCUT2D eigenvalue weighted by Gasteiger charge is 2.37. The van der Waals surface area contributed by atoms with E-state index in [1.165, 1.54) is 18.2 Å². The third-order valence-corrected chi connectivity index (χ3v) is 7.40. The summed E-state index contributed by atoms with van der Waals surface area (Å²) in [6, 6.07) is 10.7. The molecule has 0 radical (unpaired) electrons. The van der Waals surface area contributed by atoms with Crippen molar-refractivity contribution in [3.8, 4) is 5.75 Å². The molecule has 1 aliphatic rings. The van der Waals surface area contributed by atoms with Crippen LogP contribution in [-0.2, 0) is 24.8 Å². The van der Waals surface area contributed by atoms with E-state index in [2.05, 4.69) is 4.72 Å². The smallest absolute Gasteiger partial charge is 0.262 e. The Balaban J connectivity index is 2.02. The van der Waals surface area contributed by atoms with E-state index in [0.717, 1.165) is 0 Å². The molecule has 0 aliphatic carbocycles. The van der Waals surface area contributed by atoms with Crippen LogP contribution in [0.25, 0.3) is 0 Å². The maximum Gasteiger partial charge on any atom is 0.262 e. The van der Waals surface area contributed by atoms with Gasteiger partial charge in [-0.2, -0.15) is 0 Å². The summed E-state index contributed by atoms with van der Waals surface area (Å²) in [5, 5.41) is 0. The first-order valence-corrected chi connectivity index (χ1v) is 11.7. The summed E-state index contributed by atoms with van der Waals surface area (Å²) in [5.41, 5.74) is 0.680. The monoisotopic (exact) mass is 424 g/mol. The molecule has 1 N–H and O–H groups in total. The number of benzene rings is 2. The zero-order valence-electron chi connectivity index (χ0n) is 15.4. The number of sulfonamides is 2. The lowest BCUT2D eigenvalue weighted by atomic mass is 10.2. The molecule has 0 aromatic heterocycles. The van der Waals surface area contributed by atoms with E-state index in [1.54, 1.807) is 38.1 Å². The molecule has 1 saturated heterocycles. The number of aryl methyl sites for hydroxylation is 1. The second-order valence-corrected chi connectivity index (χ2v) is 9.80. The third-order valence-electron chi connectivity index (χ3n) is 4.21. The topological polar surface area (TPSA) is 110 Å². The molecule has 2 aromatic carbocycles. The van der Waals surface area contributed by atoms with Gasteiger partial charge in [0.25, 0.3) is 10.0 Å². The fourth-order valence-electron chi connectivity index (χ4n) is 2.91. The molecule has 1 fully saturated rings. The molecule has 1 heterocycles. The number of amides is 1. The van der Waals surface area contributed by atoms with Crippen molar-refractivity contribution in [2.24, 2.45) is 0 Å². The molecule has 8 nitrogen and oxygen atoms in total. The summed E-state index contributed by atoms with van der Waals surface area (Å²) >= 11 is 0. The van der Waals surface area contributed by atoms with Crippen LogP contribution < -0.4 is 13.8 Å². The molecule has 2 aromatic rings. The van der Waals surface area contributed by atoms with E-state index in [4.69, 9.17) is 4.74 Å². The Morgan fingerprint density at radius 3 is 2.54 bits per heavy atom. The van der Waals surface area contributed by atoms with E-state index < -0.39 is 26.0 Å². The van der Waals surface area contributed by atoms with Crippen LogP contribution in [0.1, 0.15) is 18.9 Å². The van der Waals surface area contributed by atoms with Crippen molar-refractivity contribution in [2.45, 2.75) is 25.2 Å². The molecule has 0 spiro atoms. The first-order chi connectivity index (χ1) is 13.2. The van der Waals surface area contributed by atoms with E-state index in [0.29, 0.717) is 22.2 Å². The fourth-order valence-corrected chi connectivity index (χ4v) is 5.69. The first kappa shape index (κ1) is 20.2. The number of para-hydroxylation sites is 2. The summed E-state index contributed by atoms with van der Waals surface area (Å²) in [4.78, 5) is 11.9. The molecule has 0 bridgehead atoms. The third kappa shape index (κ3) is 3.83. The number of rotatable bonds is 6. The number of nitrogens with zero attached hydrogens (tertiary/aromatic N) is 1. The van der Waals surface area contributed by atoms with Crippen molar-refractivity contribution in [1.82, 2.24) is 0 Å². The van der Waals surface area contributed by atoms with Gasteiger partial charge in [-0.3, -0.25) is 9.52 Å². The summed E-state index contributed by atoms with van der Waals surface area (Å²) in [6.45, 7) is 3.74. The number of nitrogens with one attached hydrogen (secondary N) is 1. The standard InChI is InChI=1S/C18H20N2O6S2/c1-3-26-16-7-5-4-6-15(16)19-28(24,25)17-12-14(9-8-13(17)2)20-18(21)10-11-27(20,22)23/h4-9,12,19H,3,10-11H2,1-2H3.